The van der Waals surface area contributed by atoms with E-state index < -0.39 is 115 Å². The van der Waals surface area contributed by atoms with E-state index in [0.717, 1.165) is 0 Å². The smallest absolute Gasteiger partial charge is 0.326 e. The number of benzene rings is 1. The van der Waals surface area contributed by atoms with Gasteiger partial charge in [-0.1, -0.05) is 30.3 Å². The van der Waals surface area contributed by atoms with Gasteiger partial charge >= 0.3 is 5.97 Å². The van der Waals surface area contributed by atoms with Crippen LogP contribution in [-0.4, -0.2) is 149 Å². The number of hydrogen-bond donors (Lipinski definition) is 14. The molecule has 334 valence electrons. The average Bonchev–Trinajstić information content (AvgIpc) is 3.19. The number of carboxylic acid groups (broad SMARTS) is 1. The molecule has 24 nitrogen and oxygen atoms in total. The first kappa shape index (κ1) is 52.0. The Labute approximate surface area is 349 Å². The number of nitrogens with one attached hydrogen (secondary N) is 6. The molecular formula is C35H56N12O12S. The zero-order valence-electron chi connectivity index (χ0n) is 33.0. The molecule has 0 bridgehead atoms. The fourth-order valence-electron chi connectivity index (χ4n) is 5.21. The van der Waals surface area contributed by atoms with Gasteiger partial charge in [-0.25, -0.2) is 4.79 Å². The monoisotopic (exact) mass is 868 g/mol. The van der Waals surface area contributed by atoms with Gasteiger partial charge in [-0.3, -0.25) is 43.3 Å². The predicted molar refractivity (Wildman–Crippen MR) is 217 cm³/mol. The van der Waals surface area contributed by atoms with Crippen LogP contribution >= 0.6 is 11.8 Å². The maximum Gasteiger partial charge on any atom is 0.326 e. The molecule has 19 N–H and O–H groups in total. The number of carbonyl (C=O) groups excluding carboxylic acids is 8. The number of primary amides is 2. The van der Waals surface area contributed by atoms with E-state index in [1.54, 1.807) is 36.6 Å². The Morgan fingerprint density at radius 2 is 1.12 bits per heavy atom. The highest BCUT2D eigenvalue weighted by atomic mass is 32.2. The first-order chi connectivity index (χ1) is 28.3. The van der Waals surface area contributed by atoms with E-state index in [1.807, 2.05) is 0 Å². The van der Waals surface area contributed by atoms with Crippen LogP contribution in [0.5, 0.6) is 0 Å². The van der Waals surface area contributed by atoms with Crippen LogP contribution in [0.15, 0.2) is 35.3 Å². The summed E-state index contributed by atoms with van der Waals surface area (Å²) in [7, 11) is 0. The number of aliphatic hydroxyl groups excluding tert-OH is 2. The number of nitrogens with two attached hydrogens (primary N) is 5. The number of rotatable bonds is 29. The zero-order chi connectivity index (χ0) is 45.4. The fourth-order valence-corrected chi connectivity index (χ4v) is 5.68. The van der Waals surface area contributed by atoms with Gasteiger partial charge in [0.05, 0.1) is 19.6 Å². The minimum Gasteiger partial charge on any atom is -0.480 e. The molecule has 60 heavy (non-hydrogen) atoms. The van der Waals surface area contributed by atoms with Crippen LogP contribution in [0.4, 0.5) is 0 Å². The van der Waals surface area contributed by atoms with Crippen LogP contribution in [-0.2, 0) is 49.6 Å². The molecule has 0 saturated heterocycles. The van der Waals surface area contributed by atoms with Gasteiger partial charge in [0.25, 0.3) is 0 Å². The van der Waals surface area contributed by atoms with Crippen molar-refractivity contribution in [2.45, 2.75) is 87.2 Å². The maximum absolute atomic E-state index is 13.6. The van der Waals surface area contributed by atoms with Crippen molar-refractivity contribution in [2.24, 2.45) is 33.7 Å². The van der Waals surface area contributed by atoms with Gasteiger partial charge in [0.15, 0.2) is 5.96 Å². The molecule has 8 amide bonds. The minimum atomic E-state index is -1.74. The molecular weight excluding hydrogens is 813 g/mol. The van der Waals surface area contributed by atoms with Crippen molar-refractivity contribution in [3.8, 4) is 0 Å². The third-order valence-electron chi connectivity index (χ3n) is 8.42. The molecule has 1 aromatic rings. The molecule has 7 atom stereocenters. The lowest BCUT2D eigenvalue weighted by Crippen LogP contribution is -2.60. The molecule has 1 rings (SSSR count). The highest BCUT2D eigenvalue weighted by Gasteiger charge is 2.34. The molecule has 0 heterocycles. The Morgan fingerprint density at radius 3 is 1.62 bits per heavy atom. The zero-order valence-corrected chi connectivity index (χ0v) is 33.8. The standard InChI is InChI=1S/C35H56N12O12S/c1-60-13-11-22(31(55)45-23(15-27(38)51)32(56)46-24(34(58)59)14-18-6-3-2-4-7-18)44-33(57)25(17-49)47-29(53)20(8-5-12-41-35(39)40)43-30(54)21(9-10-26(37)50)42-28(52)19(36)16-48/h2-4,6-7,19-25,48-49H,5,8-17,36H2,1H3,(H2,37,50)(H2,38,51)(H,42,52)(H,43,54)(H,44,57)(H,45,55)(H,46,56)(H,47,53)(H,58,59)(H4,39,40,41)/t19-,20-,21-,22-,23-,24-,25-/m0/s1. The van der Waals surface area contributed by atoms with Crippen molar-refractivity contribution in [3.05, 3.63) is 35.9 Å². The molecule has 0 spiro atoms. The summed E-state index contributed by atoms with van der Waals surface area (Å²) >= 11 is 1.28. The van der Waals surface area contributed by atoms with Crippen molar-refractivity contribution in [3.63, 3.8) is 0 Å². The number of thioether (sulfide) groups is 1. The van der Waals surface area contributed by atoms with Gasteiger partial charge in [0.2, 0.25) is 47.3 Å². The molecule has 25 heteroatoms. The van der Waals surface area contributed by atoms with E-state index >= 15 is 0 Å². The summed E-state index contributed by atoms with van der Waals surface area (Å²) in [5, 5.41) is 43.1. The average molecular weight is 869 g/mol. The normalized spacial score (nSPS) is 14.3. The molecule has 0 aliphatic heterocycles. The number of hydrogen-bond acceptors (Lipinski definition) is 14. The van der Waals surface area contributed by atoms with Gasteiger partial charge in [0, 0.05) is 19.4 Å². The Kier molecular flexibility index (Phi) is 23.9. The summed E-state index contributed by atoms with van der Waals surface area (Å²) in [5.41, 5.74) is 27.4. The Balaban J connectivity index is 3.28. The van der Waals surface area contributed by atoms with E-state index in [-0.39, 0.29) is 56.8 Å². The second-order valence-corrected chi connectivity index (χ2v) is 14.3. The van der Waals surface area contributed by atoms with Crippen molar-refractivity contribution in [1.82, 2.24) is 31.9 Å². The van der Waals surface area contributed by atoms with Crippen molar-refractivity contribution in [2.75, 3.05) is 31.8 Å². The Morgan fingerprint density at radius 1 is 0.633 bits per heavy atom. The molecule has 0 saturated carbocycles. The SMILES string of the molecule is CSCC[C@H](NC(=O)[C@H](CO)NC(=O)[C@H](CCCN=C(N)N)NC(=O)[C@H](CCC(N)=O)NC(=O)[C@@H](N)CO)C(=O)N[C@@H](CC(N)=O)C(=O)N[C@@H](Cc1ccccc1)C(=O)O. The molecule has 0 aromatic heterocycles. The summed E-state index contributed by atoms with van der Waals surface area (Å²) in [6, 6.07) is -2.36. The lowest BCUT2D eigenvalue weighted by molar-refractivity contribution is -0.142. The minimum absolute atomic E-state index is 0.00984. The number of nitrogens with zero attached hydrogens (tertiary/aromatic N) is 1. The predicted octanol–water partition coefficient (Wildman–Crippen LogP) is -6.52. The van der Waals surface area contributed by atoms with Crippen LogP contribution in [0, 0.1) is 0 Å². The van der Waals surface area contributed by atoms with Crippen molar-refractivity contribution < 1.29 is 58.5 Å². The Bertz CT molecular complexity index is 1670. The maximum atomic E-state index is 13.6. The molecule has 0 aliphatic carbocycles. The van der Waals surface area contributed by atoms with Crippen LogP contribution in [0.25, 0.3) is 0 Å². The van der Waals surface area contributed by atoms with Gasteiger partial charge in [0.1, 0.15) is 42.3 Å². The third kappa shape index (κ3) is 20.1. The van der Waals surface area contributed by atoms with Gasteiger partial charge in [-0.2, -0.15) is 11.8 Å². The van der Waals surface area contributed by atoms with Crippen molar-refractivity contribution in [1.29, 1.82) is 0 Å². The number of aliphatic hydroxyl groups is 2. The fraction of sp³-hybridized carbons (Fsp3) is 0.543. The van der Waals surface area contributed by atoms with Crippen LogP contribution in [0.2, 0.25) is 0 Å². The largest absolute Gasteiger partial charge is 0.480 e. The summed E-state index contributed by atoms with van der Waals surface area (Å²) in [4.78, 5) is 119. The second-order valence-electron chi connectivity index (χ2n) is 13.3. The quantitative estimate of drug-likeness (QED) is 0.0202. The van der Waals surface area contributed by atoms with Crippen LogP contribution in [0.1, 0.15) is 44.1 Å². The number of amides is 8. The van der Waals surface area contributed by atoms with Crippen LogP contribution < -0.4 is 60.6 Å². The van der Waals surface area contributed by atoms with Gasteiger partial charge < -0.3 is 75.9 Å². The number of aliphatic carboxylic acids is 1. The highest BCUT2D eigenvalue weighted by molar-refractivity contribution is 7.98. The summed E-state index contributed by atoms with van der Waals surface area (Å²) in [6.07, 6.45) is -0.0436. The highest BCUT2D eigenvalue weighted by Crippen LogP contribution is 2.08. The topological polar surface area (TPSA) is 429 Å². The van der Waals surface area contributed by atoms with E-state index in [1.165, 1.54) is 11.8 Å². The number of guanidine groups is 1. The van der Waals surface area contributed by atoms with E-state index in [9.17, 15) is 58.5 Å². The van der Waals surface area contributed by atoms with Gasteiger partial charge in [-0.05, 0) is 43.3 Å². The summed E-state index contributed by atoms with van der Waals surface area (Å²) < 4.78 is 0. The Hall–Kier alpha value is -6.05. The lowest BCUT2D eigenvalue weighted by atomic mass is 10.0. The van der Waals surface area contributed by atoms with E-state index in [0.29, 0.717) is 5.56 Å². The summed E-state index contributed by atoms with van der Waals surface area (Å²) in [6.45, 7) is -1.81. The van der Waals surface area contributed by atoms with Crippen molar-refractivity contribution >= 4 is 70.9 Å². The van der Waals surface area contributed by atoms with Gasteiger partial charge in [-0.15, -0.1) is 0 Å². The molecule has 0 aliphatic rings. The molecule has 0 fully saturated rings. The molecule has 1 aromatic carbocycles. The van der Waals surface area contributed by atoms with E-state index in [2.05, 4.69) is 36.9 Å². The number of aliphatic imine (C=N–C) groups is 1. The van der Waals surface area contributed by atoms with E-state index in [4.69, 9.17) is 28.7 Å². The first-order valence-corrected chi connectivity index (χ1v) is 19.9. The third-order valence-corrected chi connectivity index (χ3v) is 9.06. The number of carbonyl (C=O) groups is 9. The molecule has 0 unspecified atom stereocenters. The first-order valence-electron chi connectivity index (χ1n) is 18.5. The second kappa shape index (κ2) is 27.6. The summed E-state index contributed by atoms with van der Waals surface area (Å²) in [5.74, 6) is -9.35. The lowest BCUT2D eigenvalue weighted by Gasteiger charge is -2.27. The van der Waals surface area contributed by atoms with Crippen LogP contribution in [0.3, 0.4) is 0 Å². The number of carboxylic acids is 1. The molecule has 0 radical (unpaired) electrons.